The number of benzene rings is 2. The SMILES string of the molecule is COc1nc(-c2cccc(-c3cccc(-c4ccc5nc(CN(C[C@@H]6CCC(=O)N6)C(=O)OC(C)(C)C)cc(=O)n5c4)c3Cl)c2Cl)ccc1CNC[C@@H]1CCC(=O)N1. The van der Waals surface area contributed by atoms with Crippen LogP contribution in [0.4, 0.5) is 4.79 Å². The Balaban J connectivity index is 1.12. The van der Waals surface area contributed by atoms with Gasteiger partial charge < -0.3 is 30.3 Å². The second-order valence-corrected chi connectivity index (χ2v) is 16.3. The number of aromatic nitrogens is 3. The molecular weight excluding hydrogens is 781 g/mol. The van der Waals surface area contributed by atoms with Gasteiger partial charge in [-0.3, -0.25) is 18.8 Å². The van der Waals surface area contributed by atoms with Gasteiger partial charge in [0, 0.05) is 90.2 Å². The Bertz CT molecular complexity index is 2450. The Morgan fingerprint density at radius 1 is 0.879 bits per heavy atom. The molecule has 0 spiro atoms. The molecule has 0 saturated carbocycles. The lowest BCUT2D eigenvalue weighted by atomic mass is 9.97. The van der Waals surface area contributed by atoms with E-state index in [0.717, 1.165) is 12.0 Å². The van der Waals surface area contributed by atoms with Crippen molar-refractivity contribution in [3.05, 3.63) is 105 Å². The van der Waals surface area contributed by atoms with Crippen molar-refractivity contribution < 1.29 is 23.9 Å². The molecule has 58 heavy (non-hydrogen) atoms. The number of amides is 3. The maximum atomic E-state index is 13.6. The lowest BCUT2D eigenvalue weighted by molar-refractivity contribution is -0.120. The molecule has 2 saturated heterocycles. The minimum atomic E-state index is -0.734. The van der Waals surface area contributed by atoms with E-state index in [1.54, 1.807) is 40.1 Å². The van der Waals surface area contributed by atoms with Crippen molar-refractivity contribution in [3.63, 3.8) is 0 Å². The van der Waals surface area contributed by atoms with E-state index < -0.39 is 11.7 Å². The number of nitrogens with zero attached hydrogens (tertiary/aromatic N) is 4. The van der Waals surface area contributed by atoms with Crippen molar-refractivity contribution in [2.75, 3.05) is 20.2 Å². The Kier molecular flexibility index (Phi) is 12.0. The number of hydrogen-bond donors (Lipinski definition) is 3. The van der Waals surface area contributed by atoms with Crippen molar-refractivity contribution in [2.45, 2.75) is 77.2 Å². The Morgan fingerprint density at radius 3 is 2.19 bits per heavy atom. The summed E-state index contributed by atoms with van der Waals surface area (Å²) in [6, 6.07) is 20.0. The number of rotatable bonds is 12. The van der Waals surface area contributed by atoms with E-state index in [-0.39, 0.29) is 42.5 Å². The molecule has 2 fully saturated rings. The summed E-state index contributed by atoms with van der Waals surface area (Å²) in [4.78, 5) is 61.2. The molecule has 302 valence electrons. The van der Waals surface area contributed by atoms with Gasteiger partial charge in [0.05, 0.1) is 35.1 Å². The number of methoxy groups -OCH3 is 1. The van der Waals surface area contributed by atoms with E-state index in [4.69, 9.17) is 42.6 Å². The smallest absolute Gasteiger partial charge is 0.410 e. The van der Waals surface area contributed by atoms with Crippen molar-refractivity contribution in [3.8, 4) is 39.4 Å². The van der Waals surface area contributed by atoms with E-state index in [0.29, 0.717) is 93.1 Å². The quantitative estimate of drug-likeness (QED) is 0.123. The van der Waals surface area contributed by atoms with E-state index >= 15 is 0 Å². The molecule has 2 aliphatic rings. The van der Waals surface area contributed by atoms with Crippen molar-refractivity contribution in [1.82, 2.24) is 35.2 Å². The Morgan fingerprint density at radius 2 is 1.53 bits per heavy atom. The van der Waals surface area contributed by atoms with Crippen LogP contribution in [0.5, 0.6) is 5.88 Å². The molecule has 7 rings (SSSR count). The van der Waals surface area contributed by atoms with Crippen LogP contribution in [0.15, 0.2) is 77.7 Å². The maximum Gasteiger partial charge on any atom is 0.410 e. The molecule has 0 unspecified atom stereocenters. The van der Waals surface area contributed by atoms with Crippen LogP contribution in [-0.2, 0) is 27.4 Å². The van der Waals surface area contributed by atoms with E-state index in [1.165, 1.54) is 15.4 Å². The van der Waals surface area contributed by atoms with Crippen LogP contribution in [-0.4, -0.2) is 75.1 Å². The Hall–Kier alpha value is -5.50. The average Bonchev–Trinajstić information content (AvgIpc) is 3.80. The highest BCUT2D eigenvalue weighted by Gasteiger charge is 2.29. The summed E-state index contributed by atoms with van der Waals surface area (Å²) in [5, 5.41) is 10.1. The van der Waals surface area contributed by atoms with Gasteiger partial charge in [-0.2, -0.15) is 0 Å². The van der Waals surface area contributed by atoms with Gasteiger partial charge in [-0.25, -0.2) is 14.8 Å². The summed E-state index contributed by atoms with van der Waals surface area (Å²) in [5.41, 5.74) is 4.66. The average molecular weight is 827 g/mol. The molecular formula is C43H45Cl2N7O6. The molecule has 3 N–H and O–H groups in total. The molecule has 2 aromatic carbocycles. The van der Waals surface area contributed by atoms with Crippen LogP contribution in [0.25, 0.3) is 39.2 Å². The minimum absolute atomic E-state index is 0.0223. The van der Waals surface area contributed by atoms with Crippen LogP contribution in [0, 0.1) is 0 Å². The molecule has 0 radical (unpaired) electrons. The molecule has 3 amide bonds. The summed E-state index contributed by atoms with van der Waals surface area (Å²) in [6.07, 6.45) is 3.48. The molecule has 3 aromatic heterocycles. The second-order valence-electron chi connectivity index (χ2n) is 15.5. The van der Waals surface area contributed by atoms with Gasteiger partial charge in [-0.1, -0.05) is 65.7 Å². The Labute approximate surface area is 346 Å². The summed E-state index contributed by atoms with van der Waals surface area (Å²) >= 11 is 14.3. The first-order valence-corrected chi connectivity index (χ1v) is 19.9. The summed E-state index contributed by atoms with van der Waals surface area (Å²) in [7, 11) is 1.58. The minimum Gasteiger partial charge on any atom is -0.481 e. The van der Waals surface area contributed by atoms with Crippen LogP contribution >= 0.6 is 23.2 Å². The van der Waals surface area contributed by atoms with Gasteiger partial charge in [0.15, 0.2) is 0 Å². The normalized spacial score (nSPS) is 16.7. The molecule has 13 nitrogen and oxygen atoms in total. The van der Waals surface area contributed by atoms with Crippen molar-refractivity contribution in [2.24, 2.45) is 0 Å². The number of hydrogen-bond acceptors (Lipinski definition) is 9. The first-order valence-electron chi connectivity index (χ1n) is 19.2. The molecule has 2 atom stereocenters. The number of halogens is 2. The van der Waals surface area contributed by atoms with Crippen LogP contribution in [0.3, 0.4) is 0 Å². The fourth-order valence-corrected chi connectivity index (χ4v) is 7.90. The molecule has 5 heterocycles. The fourth-order valence-electron chi connectivity index (χ4n) is 7.24. The van der Waals surface area contributed by atoms with Crippen molar-refractivity contribution in [1.29, 1.82) is 0 Å². The first kappa shape index (κ1) is 40.7. The molecule has 0 aliphatic carbocycles. The third-order valence-electron chi connectivity index (χ3n) is 10.0. The van der Waals surface area contributed by atoms with E-state index in [9.17, 15) is 19.2 Å². The topological polar surface area (TPSA) is 156 Å². The van der Waals surface area contributed by atoms with E-state index in [2.05, 4.69) is 16.0 Å². The lowest BCUT2D eigenvalue weighted by Gasteiger charge is -2.29. The zero-order valence-electron chi connectivity index (χ0n) is 32.7. The standard InChI is InChI=1S/C43H45Cl2N7O6/c1-43(2,3)58-42(56)51(23-28-14-18-37(54)49-28)24-29-19-38(55)52-22-26(12-16-35(52)47-29)30-7-5-8-31(39(30)44)32-9-6-10-33(40(32)45)34-15-11-25(41(50-34)57-4)20-46-21-27-13-17-36(53)48-27/h5-12,15-16,19,22,27-28,46H,13-14,17-18,20-21,23-24H2,1-4H3,(H,48,53)(H,49,54)/t27-,28-/m0/s1. The third-order valence-corrected chi connectivity index (χ3v) is 10.9. The fraction of sp³-hybridized carbons (Fsp3) is 0.349. The van der Waals surface area contributed by atoms with Gasteiger partial charge >= 0.3 is 6.09 Å². The van der Waals surface area contributed by atoms with Crippen molar-refractivity contribution >= 4 is 46.8 Å². The van der Waals surface area contributed by atoms with Gasteiger partial charge in [-0.05, 0) is 51.8 Å². The first-order chi connectivity index (χ1) is 27.8. The summed E-state index contributed by atoms with van der Waals surface area (Å²) < 4.78 is 12.7. The second kappa shape index (κ2) is 17.2. The number of nitrogens with one attached hydrogen (secondary N) is 3. The summed E-state index contributed by atoms with van der Waals surface area (Å²) in [6.45, 7) is 6.76. The highest BCUT2D eigenvalue weighted by atomic mass is 35.5. The predicted octanol–water partition coefficient (Wildman–Crippen LogP) is 6.79. The number of carbonyl (C=O) groups excluding carboxylic acids is 3. The molecule has 0 bridgehead atoms. The monoisotopic (exact) mass is 825 g/mol. The number of ether oxygens (including phenoxy) is 2. The highest BCUT2D eigenvalue weighted by Crippen LogP contribution is 2.42. The zero-order valence-corrected chi connectivity index (χ0v) is 34.2. The highest BCUT2D eigenvalue weighted by molar-refractivity contribution is 6.39. The van der Waals surface area contributed by atoms with E-state index in [1.807, 2.05) is 54.6 Å². The van der Waals surface area contributed by atoms with Gasteiger partial charge in [0.25, 0.3) is 5.56 Å². The number of pyridine rings is 2. The largest absolute Gasteiger partial charge is 0.481 e. The van der Waals surface area contributed by atoms with Gasteiger partial charge in [0.2, 0.25) is 17.7 Å². The predicted molar refractivity (Wildman–Crippen MR) is 223 cm³/mol. The zero-order chi connectivity index (χ0) is 41.1. The molecule has 15 heteroatoms. The van der Waals surface area contributed by atoms with Crippen LogP contribution < -0.4 is 26.2 Å². The maximum absolute atomic E-state index is 13.6. The van der Waals surface area contributed by atoms with Crippen LogP contribution in [0.1, 0.15) is 57.7 Å². The van der Waals surface area contributed by atoms with Gasteiger partial charge in [-0.15, -0.1) is 0 Å². The van der Waals surface area contributed by atoms with Gasteiger partial charge in [0.1, 0.15) is 11.2 Å². The lowest BCUT2D eigenvalue weighted by Crippen LogP contribution is -2.44. The number of carbonyl (C=O) groups is 3. The molecule has 2 aliphatic heterocycles. The number of fused-ring (bicyclic) bond motifs is 1. The molecule has 5 aromatic rings. The van der Waals surface area contributed by atoms with Crippen LogP contribution in [0.2, 0.25) is 10.0 Å². The summed E-state index contributed by atoms with van der Waals surface area (Å²) in [5.74, 6) is 0.485. The third kappa shape index (κ3) is 9.28.